The minimum Gasteiger partial charge on any atom is -0.465 e. The summed E-state index contributed by atoms with van der Waals surface area (Å²) in [4.78, 5) is 34.7. The smallest absolute Gasteiger partial charge is 0.407 e. The summed E-state index contributed by atoms with van der Waals surface area (Å²) in [5, 5.41) is 26.2. The quantitative estimate of drug-likeness (QED) is 0.367. The molecule has 35 heavy (non-hydrogen) atoms. The van der Waals surface area contributed by atoms with Gasteiger partial charge in [0.2, 0.25) is 5.95 Å². The molecule has 4 rings (SSSR count). The van der Waals surface area contributed by atoms with Crippen molar-refractivity contribution in [2.75, 3.05) is 18.5 Å². The maximum atomic E-state index is 12.8. The minimum absolute atomic E-state index is 0.00717. The number of carboxylic acid groups (broad SMARTS) is 1. The highest BCUT2D eigenvalue weighted by Crippen LogP contribution is 2.33. The number of aliphatic hydroxyl groups is 1. The van der Waals surface area contributed by atoms with Gasteiger partial charge >= 0.3 is 6.09 Å². The molecule has 0 spiro atoms. The fraction of sp³-hybridized carbons (Fsp3) is 0.500. The lowest BCUT2D eigenvalue weighted by atomic mass is 9.86. The van der Waals surface area contributed by atoms with Gasteiger partial charge in [0.25, 0.3) is 5.56 Å². The van der Waals surface area contributed by atoms with Crippen LogP contribution in [0.4, 0.5) is 10.7 Å². The molecular weight excluding hydrogens is 472 g/mol. The van der Waals surface area contributed by atoms with Crippen LogP contribution in [0.5, 0.6) is 0 Å². The first-order chi connectivity index (χ1) is 16.8. The Morgan fingerprint density at radius 3 is 2.71 bits per heavy atom. The molecule has 4 N–H and O–H groups in total. The van der Waals surface area contributed by atoms with Gasteiger partial charge in [0.1, 0.15) is 5.82 Å². The van der Waals surface area contributed by atoms with E-state index in [0.717, 1.165) is 12.0 Å². The Hall–Kier alpha value is -3.11. The Morgan fingerprint density at radius 2 is 2.06 bits per heavy atom. The number of hydrogen-bond acceptors (Lipinski definition) is 6. The standard InChI is InChI=1S/C24H31ClN6O4/c1-14(2)11-18-12-16(7-9-30(18)24(34)35)21-26-13-20-22(33)28-23(29-31(20)21)27-19(8-10-32)15-3-5-17(25)6-4-15/h3-6,13-14,16,18-19,32H,7-12H2,1-2H3,(H,34,35)(H2,27,28,29,33). The highest BCUT2D eigenvalue weighted by atomic mass is 35.5. The van der Waals surface area contributed by atoms with Gasteiger partial charge in [0.05, 0.1) is 12.2 Å². The molecule has 2 aromatic heterocycles. The summed E-state index contributed by atoms with van der Waals surface area (Å²) in [5.41, 5.74) is 0.803. The molecule has 3 heterocycles. The first kappa shape index (κ1) is 25.0. The molecule has 1 aliphatic heterocycles. The van der Waals surface area contributed by atoms with Crippen molar-refractivity contribution in [2.45, 2.75) is 57.5 Å². The number of amides is 1. The number of H-pyrrole nitrogens is 1. The number of anilines is 1. The fourth-order valence-electron chi connectivity index (χ4n) is 4.89. The molecule has 0 bridgehead atoms. The van der Waals surface area contributed by atoms with Gasteiger partial charge in [-0.2, -0.15) is 4.98 Å². The Labute approximate surface area is 207 Å². The van der Waals surface area contributed by atoms with Crippen molar-refractivity contribution < 1.29 is 15.0 Å². The van der Waals surface area contributed by atoms with Crippen LogP contribution in [-0.4, -0.2) is 60.0 Å². The van der Waals surface area contributed by atoms with Crippen molar-refractivity contribution >= 4 is 29.2 Å². The first-order valence-corrected chi connectivity index (χ1v) is 12.2. The molecule has 1 fully saturated rings. The molecule has 3 atom stereocenters. The molecule has 3 unspecified atom stereocenters. The number of carbonyl (C=O) groups is 1. The van der Waals surface area contributed by atoms with Gasteiger partial charge in [0, 0.05) is 30.1 Å². The molecule has 1 aliphatic rings. The van der Waals surface area contributed by atoms with Crippen molar-refractivity contribution in [3.05, 3.63) is 57.2 Å². The second-order valence-corrected chi connectivity index (χ2v) is 9.89. The third-order valence-electron chi connectivity index (χ3n) is 6.51. The highest BCUT2D eigenvalue weighted by molar-refractivity contribution is 6.30. The molecule has 1 amide bonds. The molecule has 0 radical (unpaired) electrons. The van der Waals surface area contributed by atoms with E-state index in [1.165, 1.54) is 11.1 Å². The summed E-state index contributed by atoms with van der Waals surface area (Å²) in [6.07, 6.45) is 3.03. The summed E-state index contributed by atoms with van der Waals surface area (Å²) in [7, 11) is 0. The van der Waals surface area contributed by atoms with Crippen LogP contribution < -0.4 is 10.9 Å². The van der Waals surface area contributed by atoms with E-state index in [4.69, 9.17) is 11.6 Å². The maximum absolute atomic E-state index is 12.8. The van der Waals surface area contributed by atoms with Crippen LogP contribution in [0.15, 0.2) is 35.3 Å². The zero-order chi connectivity index (χ0) is 25.1. The number of piperidine rings is 1. The predicted octanol–water partition coefficient (Wildman–Crippen LogP) is 3.88. The van der Waals surface area contributed by atoms with Crippen LogP contribution >= 0.6 is 11.6 Å². The second kappa shape index (κ2) is 10.7. The van der Waals surface area contributed by atoms with Gasteiger partial charge in [-0.15, -0.1) is 0 Å². The summed E-state index contributed by atoms with van der Waals surface area (Å²) in [6, 6.07) is 6.86. The number of imidazole rings is 1. The number of aromatic nitrogens is 4. The summed E-state index contributed by atoms with van der Waals surface area (Å²) in [6.45, 7) is 4.53. The van der Waals surface area contributed by atoms with Crippen LogP contribution in [-0.2, 0) is 0 Å². The van der Waals surface area contributed by atoms with Crippen molar-refractivity contribution in [1.29, 1.82) is 0 Å². The van der Waals surface area contributed by atoms with Gasteiger partial charge < -0.3 is 20.4 Å². The van der Waals surface area contributed by atoms with Crippen LogP contribution in [0.1, 0.15) is 62.9 Å². The first-order valence-electron chi connectivity index (χ1n) is 11.9. The van der Waals surface area contributed by atoms with Gasteiger partial charge in [-0.25, -0.2) is 14.3 Å². The molecule has 10 nitrogen and oxygen atoms in total. The van der Waals surface area contributed by atoms with Crippen LogP contribution in [0.25, 0.3) is 5.52 Å². The highest BCUT2D eigenvalue weighted by Gasteiger charge is 2.34. The number of hydrogen-bond donors (Lipinski definition) is 4. The Balaban J connectivity index is 1.64. The zero-order valence-corrected chi connectivity index (χ0v) is 20.6. The fourth-order valence-corrected chi connectivity index (χ4v) is 5.02. The van der Waals surface area contributed by atoms with Gasteiger partial charge in [-0.1, -0.05) is 37.6 Å². The molecular formula is C24H31ClN6O4. The molecule has 3 aromatic rings. The van der Waals surface area contributed by atoms with E-state index < -0.39 is 11.7 Å². The number of rotatable bonds is 8. The van der Waals surface area contributed by atoms with E-state index in [0.29, 0.717) is 48.1 Å². The van der Waals surface area contributed by atoms with Crippen molar-refractivity contribution in [3.8, 4) is 0 Å². The summed E-state index contributed by atoms with van der Waals surface area (Å²) in [5.74, 6) is 1.30. The number of nitrogens with one attached hydrogen (secondary N) is 2. The molecule has 188 valence electrons. The zero-order valence-electron chi connectivity index (χ0n) is 19.8. The predicted molar refractivity (Wildman–Crippen MR) is 133 cm³/mol. The normalized spacial score (nSPS) is 19.3. The number of likely N-dealkylation sites (tertiary alicyclic amines) is 1. The van der Waals surface area contributed by atoms with E-state index >= 15 is 0 Å². The van der Waals surface area contributed by atoms with E-state index in [1.54, 1.807) is 16.6 Å². The van der Waals surface area contributed by atoms with Gasteiger partial charge in [0.15, 0.2) is 5.52 Å². The summed E-state index contributed by atoms with van der Waals surface area (Å²) >= 11 is 6.01. The minimum atomic E-state index is -0.900. The number of aliphatic hydroxyl groups excluding tert-OH is 1. The molecule has 0 aliphatic carbocycles. The summed E-state index contributed by atoms with van der Waals surface area (Å²) < 4.78 is 1.66. The Kier molecular flexibility index (Phi) is 7.61. The monoisotopic (exact) mass is 502 g/mol. The average molecular weight is 503 g/mol. The van der Waals surface area contributed by atoms with E-state index in [-0.39, 0.29) is 30.6 Å². The van der Waals surface area contributed by atoms with Gasteiger partial charge in [-0.3, -0.25) is 9.89 Å². The van der Waals surface area contributed by atoms with Crippen molar-refractivity contribution in [2.24, 2.45) is 5.92 Å². The Bertz CT molecular complexity index is 1220. The van der Waals surface area contributed by atoms with E-state index in [1.807, 2.05) is 12.1 Å². The third-order valence-corrected chi connectivity index (χ3v) is 6.76. The maximum Gasteiger partial charge on any atom is 0.407 e. The molecule has 1 aromatic carbocycles. The SMILES string of the molecule is CC(C)CC1CC(c2ncc3c(=O)nc(NC(CCO)c4ccc(Cl)cc4)[nH]n23)CCN1C(=O)O. The lowest BCUT2D eigenvalue weighted by Gasteiger charge is -2.38. The number of nitrogens with zero attached hydrogens (tertiary/aromatic N) is 4. The third kappa shape index (κ3) is 5.59. The molecule has 0 saturated carbocycles. The van der Waals surface area contributed by atoms with Gasteiger partial charge in [-0.05, 0) is 49.3 Å². The lowest BCUT2D eigenvalue weighted by molar-refractivity contribution is 0.0913. The topological polar surface area (TPSA) is 136 Å². The Morgan fingerprint density at radius 1 is 1.31 bits per heavy atom. The molecule has 11 heteroatoms. The number of fused-ring (bicyclic) bond motifs is 1. The largest absolute Gasteiger partial charge is 0.465 e. The van der Waals surface area contributed by atoms with Crippen LogP contribution in [0.2, 0.25) is 5.02 Å². The van der Waals surface area contributed by atoms with Crippen molar-refractivity contribution in [3.63, 3.8) is 0 Å². The lowest BCUT2D eigenvalue weighted by Crippen LogP contribution is -2.45. The second-order valence-electron chi connectivity index (χ2n) is 9.46. The van der Waals surface area contributed by atoms with Crippen molar-refractivity contribution in [1.82, 2.24) is 24.5 Å². The van der Waals surface area contributed by atoms with Crippen LogP contribution in [0, 0.1) is 5.92 Å². The molecule has 1 saturated heterocycles. The average Bonchev–Trinajstić information content (AvgIpc) is 3.23. The van der Waals surface area contributed by atoms with E-state index in [2.05, 4.69) is 34.2 Å². The number of aromatic amines is 1. The van der Waals surface area contributed by atoms with E-state index in [9.17, 15) is 19.8 Å². The number of halogens is 1. The van der Waals surface area contributed by atoms with Crippen LogP contribution in [0.3, 0.4) is 0 Å². The number of benzene rings is 1.